The Labute approximate surface area is 127 Å². The molecular weight excluding hydrogens is 292 g/mol. The van der Waals surface area contributed by atoms with Gasteiger partial charge in [-0.25, -0.2) is 4.79 Å². The fourth-order valence-electron chi connectivity index (χ4n) is 1.77. The first-order valence-corrected chi connectivity index (χ1v) is 6.75. The minimum Gasteiger partial charge on any atom is -0.480 e. The van der Waals surface area contributed by atoms with Crippen LogP contribution >= 0.6 is 0 Å². The van der Waals surface area contributed by atoms with Crippen LogP contribution in [0.5, 0.6) is 5.75 Å². The van der Waals surface area contributed by atoms with Crippen molar-refractivity contribution in [3.63, 3.8) is 0 Å². The summed E-state index contributed by atoms with van der Waals surface area (Å²) in [6.07, 6.45) is 0.586. The monoisotopic (exact) mass is 310 g/mol. The number of nitrogens with one attached hydrogen (secondary N) is 1. The number of carboxylic acid groups (broad SMARTS) is 1. The van der Waals surface area contributed by atoms with Gasteiger partial charge in [0.1, 0.15) is 6.04 Å². The molecule has 1 aromatic carbocycles. The molecule has 0 aromatic heterocycles. The lowest BCUT2D eigenvalue weighted by molar-refractivity contribution is -0.385. The van der Waals surface area contributed by atoms with Crippen LogP contribution in [0.15, 0.2) is 24.3 Å². The maximum Gasteiger partial charge on any atom is 0.326 e. The molecule has 0 aliphatic heterocycles. The van der Waals surface area contributed by atoms with Crippen LogP contribution in [0.2, 0.25) is 0 Å². The Bertz CT molecular complexity index is 560. The van der Waals surface area contributed by atoms with E-state index in [9.17, 15) is 19.7 Å². The number of hydrogen-bond donors (Lipinski definition) is 2. The molecule has 8 heteroatoms. The maximum absolute atomic E-state index is 11.8. The first-order chi connectivity index (χ1) is 10.4. The molecule has 0 spiro atoms. The molecule has 1 aromatic rings. The number of hydrogen-bond acceptors (Lipinski definition) is 5. The van der Waals surface area contributed by atoms with Gasteiger partial charge in [-0.1, -0.05) is 32.4 Å². The van der Waals surface area contributed by atoms with Crippen molar-refractivity contribution in [3.05, 3.63) is 34.4 Å². The number of benzene rings is 1. The van der Waals surface area contributed by atoms with Gasteiger partial charge in [0, 0.05) is 6.07 Å². The molecule has 0 bridgehead atoms. The van der Waals surface area contributed by atoms with Crippen LogP contribution in [-0.4, -0.2) is 34.6 Å². The number of nitrogens with zero attached hydrogens (tertiary/aromatic N) is 1. The Morgan fingerprint density at radius 1 is 1.41 bits per heavy atom. The maximum atomic E-state index is 11.8. The zero-order chi connectivity index (χ0) is 16.7. The molecule has 2 unspecified atom stereocenters. The van der Waals surface area contributed by atoms with Gasteiger partial charge in [-0.3, -0.25) is 14.9 Å². The van der Waals surface area contributed by atoms with Crippen LogP contribution in [0.3, 0.4) is 0 Å². The SMILES string of the molecule is CCC(C)C(NC(=O)COc1ccccc1[N+](=O)[O-])C(=O)O. The van der Waals surface area contributed by atoms with Crippen molar-refractivity contribution in [2.24, 2.45) is 5.92 Å². The summed E-state index contributed by atoms with van der Waals surface area (Å²) in [5.74, 6) is -2.06. The Kier molecular flexibility index (Phi) is 6.30. The molecule has 0 aliphatic carbocycles. The third kappa shape index (κ3) is 4.72. The highest BCUT2D eigenvalue weighted by atomic mass is 16.6. The van der Waals surface area contributed by atoms with Gasteiger partial charge in [-0.15, -0.1) is 0 Å². The summed E-state index contributed by atoms with van der Waals surface area (Å²) < 4.78 is 5.11. The smallest absolute Gasteiger partial charge is 0.326 e. The van der Waals surface area contributed by atoms with Gasteiger partial charge < -0.3 is 15.2 Å². The Hall–Kier alpha value is -2.64. The van der Waals surface area contributed by atoms with Crippen LogP contribution in [0.4, 0.5) is 5.69 Å². The molecule has 0 saturated heterocycles. The van der Waals surface area contributed by atoms with E-state index in [2.05, 4.69) is 5.32 Å². The second-order valence-electron chi connectivity index (χ2n) is 4.78. The van der Waals surface area contributed by atoms with Crippen LogP contribution in [-0.2, 0) is 9.59 Å². The van der Waals surface area contributed by atoms with E-state index in [0.717, 1.165) is 0 Å². The lowest BCUT2D eigenvalue weighted by atomic mass is 9.99. The predicted octanol–water partition coefficient (Wildman–Crippen LogP) is 1.59. The lowest BCUT2D eigenvalue weighted by Crippen LogP contribution is -2.46. The lowest BCUT2D eigenvalue weighted by Gasteiger charge is -2.20. The fraction of sp³-hybridized carbons (Fsp3) is 0.429. The number of ether oxygens (including phenoxy) is 1. The largest absolute Gasteiger partial charge is 0.480 e. The molecular formula is C14H18N2O6. The number of nitro benzene ring substituents is 1. The molecule has 1 rings (SSSR count). The standard InChI is InChI=1S/C14H18N2O6/c1-3-9(2)13(14(18)19)15-12(17)8-22-11-7-5-4-6-10(11)16(20)21/h4-7,9,13H,3,8H2,1-2H3,(H,15,17)(H,18,19). The van der Waals surface area contributed by atoms with Gasteiger partial charge in [0.25, 0.3) is 5.91 Å². The minimum absolute atomic E-state index is 0.0435. The van der Waals surface area contributed by atoms with Crippen molar-refractivity contribution in [3.8, 4) is 5.75 Å². The van der Waals surface area contributed by atoms with Gasteiger partial charge in [0.2, 0.25) is 0 Å². The number of para-hydroxylation sites is 2. The summed E-state index contributed by atoms with van der Waals surface area (Å²) in [6.45, 7) is 3.03. The highest BCUT2D eigenvalue weighted by Gasteiger charge is 2.25. The van der Waals surface area contributed by atoms with Crippen molar-refractivity contribution in [2.75, 3.05) is 6.61 Å². The molecule has 0 saturated carbocycles. The fourth-order valence-corrected chi connectivity index (χ4v) is 1.77. The third-order valence-corrected chi connectivity index (χ3v) is 3.22. The number of rotatable bonds is 8. The van der Waals surface area contributed by atoms with Crippen molar-refractivity contribution in [2.45, 2.75) is 26.3 Å². The molecule has 8 nitrogen and oxygen atoms in total. The average Bonchev–Trinajstić information content (AvgIpc) is 2.49. The molecule has 22 heavy (non-hydrogen) atoms. The van der Waals surface area contributed by atoms with E-state index in [0.29, 0.717) is 6.42 Å². The Morgan fingerprint density at radius 2 is 2.05 bits per heavy atom. The quantitative estimate of drug-likeness (QED) is 0.556. The summed E-state index contributed by atoms with van der Waals surface area (Å²) in [5, 5.41) is 22.2. The molecule has 1 amide bonds. The molecule has 120 valence electrons. The number of carbonyl (C=O) groups excluding carboxylic acids is 1. The zero-order valence-electron chi connectivity index (χ0n) is 12.3. The van der Waals surface area contributed by atoms with Gasteiger partial charge in [0.05, 0.1) is 4.92 Å². The molecule has 0 fully saturated rings. The van der Waals surface area contributed by atoms with Gasteiger partial charge >= 0.3 is 11.7 Å². The number of aliphatic carboxylic acids is 1. The molecule has 0 heterocycles. The average molecular weight is 310 g/mol. The van der Waals surface area contributed by atoms with Crippen LogP contribution in [0.1, 0.15) is 20.3 Å². The highest BCUT2D eigenvalue weighted by Crippen LogP contribution is 2.25. The minimum atomic E-state index is -1.13. The van der Waals surface area contributed by atoms with Gasteiger partial charge in [-0.05, 0) is 12.0 Å². The second-order valence-corrected chi connectivity index (χ2v) is 4.78. The molecule has 2 atom stereocenters. The van der Waals surface area contributed by atoms with E-state index in [1.807, 2.05) is 6.92 Å². The summed E-state index contributed by atoms with van der Waals surface area (Å²) in [6, 6.07) is 4.63. The van der Waals surface area contributed by atoms with Crippen LogP contribution < -0.4 is 10.1 Å². The van der Waals surface area contributed by atoms with E-state index in [1.165, 1.54) is 18.2 Å². The third-order valence-electron chi connectivity index (χ3n) is 3.22. The van der Waals surface area contributed by atoms with Crippen molar-refractivity contribution in [1.29, 1.82) is 0 Å². The summed E-state index contributed by atoms with van der Waals surface area (Å²) in [5.41, 5.74) is -0.257. The zero-order valence-corrected chi connectivity index (χ0v) is 12.3. The number of carboxylic acids is 1. The molecule has 0 radical (unpaired) electrons. The molecule has 2 N–H and O–H groups in total. The van der Waals surface area contributed by atoms with Crippen molar-refractivity contribution >= 4 is 17.6 Å². The van der Waals surface area contributed by atoms with Crippen LogP contribution in [0, 0.1) is 16.0 Å². The van der Waals surface area contributed by atoms with Crippen LogP contribution in [0.25, 0.3) is 0 Å². The van der Waals surface area contributed by atoms with E-state index >= 15 is 0 Å². The van der Waals surface area contributed by atoms with Crippen molar-refractivity contribution < 1.29 is 24.4 Å². The Balaban J connectivity index is 2.67. The summed E-state index contributed by atoms with van der Waals surface area (Å²) >= 11 is 0. The summed E-state index contributed by atoms with van der Waals surface area (Å²) in [7, 11) is 0. The number of nitro groups is 1. The molecule has 0 aliphatic rings. The van der Waals surface area contributed by atoms with E-state index in [-0.39, 0.29) is 17.4 Å². The van der Waals surface area contributed by atoms with E-state index < -0.39 is 29.4 Å². The Morgan fingerprint density at radius 3 is 2.59 bits per heavy atom. The van der Waals surface area contributed by atoms with E-state index in [1.54, 1.807) is 13.0 Å². The van der Waals surface area contributed by atoms with Crippen molar-refractivity contribution in [1.82, 2.24) is 5.32 Å². The predicted molar refractivity (Wildman–Crippen MR) is 77.6 cm³/mol. The van der Waals surface area contributed by atoms with E-state index in [4.69, 9.17) is 9.84 Å². The first kappa shape index (κ1) is 17.4. The second kappa shape index (κ2) is 7.96. The topological polar surface area (TPSA) is 119 Å². The summed E-state index contributed by atoms with van der Waals surface area (Å²) in [4.78, 5) is 33.1. The van der Waals surface area contributed by atoms with Gasteiger partial charge in [0.15, 0.2) is 12.4 Å². The number of amides is 1. The highest BCUT2D eigenvalue weighted by molar-refractivity contribution is 5.84. The van der Waals surface area contributed by atoms with Gasteiger partial charge in [-0.2, -0.15) is 0 Å². The first-order valence-electron chi connectivity index (χ1n) is 6.75. The normalized spacial score (nSPS) is 13.0. The number of carbonyl (C=O) groups is 2.